The van der Waals surface area contributed by atoms with E-state index in [9.17, 15) is 0 Å². The molecule has 0 bridgehead atoms. The van der Waals surface area contributed by atoms with Gasteiger partial charge in [0.05, 0.1) is 0 Å². The van der Waals surface area contributed by atoms with Crippen LogP contribution >= 0.6 is 0 Å². The Bertz CT molecular complexity index is 425. The van der Waals surface area contributed by atoms with Gasteiger partial charge in [-0.05, 0) is 49.9 Å². The van der Waals surface area contributed by atoms with Gasteiger partial charge in [0.2, 0.25) is 0 Å². The van der Waals surface area contributed by atoms with E-state index >= 15 is 0 Å². The van der Waals surface area contributed by atoms with Crippen LogP contribution in [0.25, 0.3) is 6.08 Å². The Morgan fingerprint density at radius 1 is 1.27 bits per heavy atom. The minimum absolute atomic E-state index is 0.891. The first-order chi connectivity index (χ1) is 6.93. The second kappa shape index (κ2) is 4.35. The number of allylic oxidation sites excluding steroid dienone is 2. The SMILES string of the molecule is C=C(C)/C=C\c1c(C)cc(C)c(N)c1C. The number of hydrogen-bond acceptors (Lipinski definition) is 1. The van der Waals surface area contributed by atoms with Crippen LogP contribution in [0.2, 0.25) is 0 Å². The van der Waals surface area contributed by atoms with Crippen molar-refractivity contribution in [1.29, 1.82) is 0 Å². The van der Waals surface area contributed by atoms with Crippen molar-refractivity contribution in [2.24, 2.45) is 0 Å². The molecular weight excluding hydrogens is 182 g/mol. The number of rotatable bonds is 2. The van der Waals surface area contributed by atoms with Gasteiger partial charge in [-0.2, -0.15) is 0 Å². The summed E-state index contributed by atoms with van der Waals surface area (Å²) in [6, 6.07) is 2.13. The van der Waals surface area contributed by atoms with Crippen LogP contribution in [-0.4, -0.2) is 0 Å². The van der Waals surface area contributed by atoms with E-state index in [0.29, 0.717) is 0 Å². The number of nitrogen functional groups attached to an aromatic ring is 1. The van der Waals surface area contributed by atoms with Crippen molar-refractivity contribution in [3.05, 3.63) is 46.5 Å². The van der Waals surface area contributed by atoms with Crippen LogP contribution in [0.4, 0.5) is 5.69 Å². The molecule has 0 radical (unpaired) electrons. The number of hydrogen-bond donors (Lipinski definition) is 1. The predicted molar refractivity (Wildman–Crippen MR) is 68.9 cm³/mol. The molecule has 1 nitrogen and oxygen atoms in total. The Morgan fingerprint density at radius 3 is 2.40 bits per heavy atom. The monoisotopic (exact) mass is 201 g/mol. The molecule has 0 spiro atoms. The van der Waals surface area contributed by atoms with E-state index < -0.39 is 0 Å². The Morgan fingerprint density at radius 2 is 1.87 bits per heavy atom. The molecule has 1 aromatic rings. The highest BCUT2D eigenvalue weighted by atomic mass is 14.6. The van der Waals surface area contributed by atoms with Crippen LogP contribution in [0, 0.1) is 20.8 Å². The van der Waals surface area contributed by atoms with Crippen molar-refractivity contribution in [2.45, 2.75) is 27.7 Å². The zero-order chi connectivity index (χ0) is 11.6. The molecule has 1 heteroatoms. The Kier molecular flexibility index (Phi) is 3.35. The fraction of sp³-hybridized carbons (Fsp3) is 0.286. The van der Waals surface area contributed by atoms with E-state index in [4.69, 9.17) is 5.73 Å². The van der Waals surface area contributed by atoms with E-state index in [1.54, 1.807) is 0 Å². The van der Waals surface area contributed by atoms with Gasteiger partial charge < -0.3 is 5.73 Å². The fourth-order valence-corrected chi connectivity index (χ4v) is 1.70. The molecule has 0 aromatic heterocycles. The van der Waals surface area contributed by atoms with Crippen LogP contribution in [0.5, 0.6) is 0 Å². The largest absolute Gasteiger partial charge is 0.398 e. The molecule has 0 saturated carbocycles. The standard InChI is InChI=1S/C14H19N/c1-9(2)6-7-13-10(3)8-11(4)14(15)12(13)5/h6-8H,1,15H2,2-5H3/b7-6-. The zero-order valence-electron chi connectivity index (χ0n) is 10.0. The average molecular weight is 201 g/mol. The summed E-state index contributed by atoms with van der Waals surface area (Å²) in [5.74, 6) is 0. The van der Waals surface area contributed by atoms with Crippen molar-refractivity contribution < 1.29 is 0 Å². The lowest BCUT2D eigenvalue weighted by molar-refractivity contribution is 1.30. The normalized spacial score (nSPS) is 10.9. The van der Waals surface area contributed by atoms with E-state index in [1.165, 1.54) is 11.1 Å². The number of aryl methyl sites for hydroxylation is 2. The summed E-state index contributed by atoms with van der Waals surface area (Å²) < 4.78 is 0. The minimum atomic E-state index is 0.891. The Labute approximate surface area is 92.3 Å². The lowest BCUT2D eigenvalue weighted by atomic mass is 9.97. The number of benzene rings is 1. The summed E-state index contributed by atoms with van der Waals surface area (Å²) in [5, 5.41) is 0. The lowest BCUT2D eigenvalue weighted by Gasteiger charge is -2.11. The number of anilines is 1. The Balaban J connectivity index is 3.30. The molecule has 0 amide bonds. The maximum Gasteiger partial charge on any atom is 0.0379 e. The summed E-state index contributed by atoms with van der Waals surface area (Å²) in [6.45, 7) is 12.1. The summed E-state index contributed by atoms with van der Waals surface area (Å²) in [5.41, 5.74) is 12.7. The average Bonchev–Trinajstić information content (AvgIpc) is 2.14. The van der Waals surface area contributed by atoms with E-state index in [-0.39, 0.29) is 0 Å². The summed E-state index contributed by atoms with van der Waals surface area (Å²) in [6.07, 6.45) is 4.10. The highest BCUT2D eigenvalue weighted by molar-refractivity contribution is 5.68. The highest BCUT2D eigenvalue weighted by Gasteiger charge is 2.05. The molecule has 1 aromatic carbocycles. The van der Waals surface area contributed by atoms with Crippen molar-refractivity contribution in [3.63, 3.8) is 0 Å². The van der Waals surface area contributed by atoms with Crippen LogP contribution in [-0.2, 0) is 0 Å². The van der Waals surface area contributed by atoms with Gasteiger partial charge in [0.1, 0.15) is 0 Å². The van der Waals surface area contributed by atoms with Gasteiger partial charge >= 0.3 is 0 Å². The van der Waals surface area contributed by atoms with Gasteiger partial charge in [-0.3, -0.25) is 0 Å². The molecule has 15 heavy (non-hydrogen) atoms. The maximum absolute atomic E-state index is 6.00. The van der Waals surface area contributed by atoms with E-state index in [0.717, 1.165) is 22.4 Å². The molecule has 0 aliphatic carbocycles. The topological polar surface area (TPSA) is 26.0 Å². The minimum Gasteiger partial charge on any atom is -0.398 e. The zero-order valence-corrected chi connectivity index (χ0v) is 10.0. The second-order valence-electron chi connectivity index (χ2n) is 4.14. The molecule has 2 N–H and O–H groups in total. The van der Waals surface area contributed by atoms with Gasteiger partial charge in [0.15, 0.2) is 0 Å². The third kappa shape index (κ3) is 2.50. The van der Waals surface area contributed by atoms with Crippen molar-refractivity contribution in [2.75, 3.05) is 5.73 Å². The van der Waals surface area contributed by atoms with Gasteiger partial charge in [-0.25, -0.2) is 0 Å². The molecule has 0 saturated heterocycles. The van der Waals surface area contributed by atoms with Crippen LogP contribution in [0.1, 0.15) is 29.2 Å². The van der Waals surface area contributed by atoms with Crippen LogP contribution < -0.4 is 5.73 Å². The van der Waals surface area contributed by atoms with Gasteiger partial charge in [-0.1, -0.05) is 30.4 Å². The molecule has 0 heterocycles. The molecule has 0 unspecified atom stereocenters. The molecule has 0 atom stereocenters. The molecule has 0 fully saturated rings. The van der Waals surface area contributed by atoms with Crippen molar-refractivity contribution in [3.8, 4) is 0 Å². The first kappa shape index (κ1) is 11.6. The highest BCUT2D eigenvalue weighted by Crippen LogP contribution is 2.25. The quantitative estimate of drug-likeness (QED) is 0.572. The predicted octanol–water partition coefficient (Wildman–Crippen LogP) is 3.78. The first-order valence-electron chi connectivity index (χ1n) is 5.13. The maximum atomic E-state index is 6.00. The van der Waals surface area contributed by atoms with E-state index in [2.05, 4.69) is 32.6 Å². The molecule has 0 aliphatic heterocycles. The smallest absolute Gasteiger partial charge is 0.0379 e. The summed E-state index contributed by atoms with van der Waals surface area (Å²) in [7, 11) is 0. The molecular formula is C14H19N. The van der Waals surface area contributed by atoms with Crippen molar-refractivity contribution in [1.82, 2.24) is 0 Å². The Hall–Kier alpha value is -1.50. The van der Waals surface area contributed by atoms with Gasteiger partial charge in [0, 0.05) is 5.69 Å². The first-order valence-corrected chi connectivity index (χ1v) is 5.13. The van der Waals surface area contributed by atoms with E-state index in [1.807, 2.05) is 19.9 Å². The molecule has 0 aliphatic rings. The van der Waals surface area contributed by atoms with Crippen LogP contribution in [0.15, 0.2) is 24.3 Å². The van der Waals surface area contributed by atoms with Crippen molar-refractivity contribution >= 4 is 11.8 Å². The molecule has 80 valence electrons. The fourth-order valence-electron chi connectivity index (χ4n) is 1.70. The lowest BCUT2D eigenvalue weighted by Crippen LogP contribution is -1.98. The van der Waals surface area contributed by atoms with Gasteiger partial charge in [-0.15, -0.1) is 0 Å². The summed E-state index contributed by atoms with van der Waals surface area (Å²) in [4.78, 5) is 0. The molecule has 1 rings (SSSR count). The number of nitrogens with two attached hydrogens (primary N) is 1. The summed E-state index contributed by atoms with van der Waals surface area (Å²) >= 11 is 0. The third-order valence-corrected chi connectivity index (χ3v) is 2.63. The second-order valence-corrected chi connectivity index (χ2v) is 4.14. The van der Waals surface area contributed by atoms with Gasteiger partial charge in [0.25, 0.3) is 0 Å². The van der Waals surface area contributed by atoms with Crippen LogP contribution in [0.3, 0.4) is 0 Å². The third-order valence-electron chi connectivity index (χ3n) is 2.63.